The summed E-state index contributed by atoms with van der Waals surface area (Å²) in [5, 5.41) is 10.1. The Bertz CT molecular complexity index is 441. The van der Waals surface area contributed by atoms with Crippen LogP contribution in [0.4, 0.5) is 0 Å². The average molecular weight is 289 g/mol. The molecule has 0 aliphatic heterocycles. The number of aryl methyl sites for hydroxylation is 1. The van der Waals surface area contributed by atoms with Gasteiger partial charge < -0.3 is 10.8 Å². The molecule has 1 aliphatic rings. The van der Waals surface area contributed by atoms with Crippen LogP contribution in [0.2, 0.25) is 0 Å². The first-order valence-electron chi connectivity index (χ1n) is 8.56. The molecule has 1 saturated carbocycles. The van der Waals surface area contributed by atoms with Gasteiger partial charge in [-0.05, 0) is 67.5 Å². The number of nitrogens with two attached hydrogens (primary N) is 1. The van der Waals surface area contributed by atoms with E-state index in [1.54, 1.807) is 0 Å². The Kier molecular flexibility index (Phi) is 5.83. The van der Waals surface area contributed by atoms with Crippen LogP contribution in [0.3, 0.4) is 0 Å². The maximum atomic E-state index is 10.1. The zero-order chi connectivity index (χ0) is 15.3. The van der Waals surface area contributed by atoms with Crippen molar-refractivity contribution in [3.8, 4) is 0 Å². The van der Waals surface area contributed by atoms with Crippen molar-refractivity contribution in [2.75, 3.05) is 6.54 Å². The molecule has 0 radical (unpaired) electrons. The van der Waals surface area contributed by atoms with Gasteiger partial charge in [-0.1, -0.05) is 44.5 Å². The number of rotatable bonds is 9. The van der Waals surface area contributed by atoms with Crippen molar-refractivity contribution in [1.82, 2.24) is 0 Å². The zero-order valence-electron chi connectivity index (χ0n) is 13.6. The number of aliphatic hydroxyl groups excluding tert-OH is 1. The fourth-order valence-corrected chi connectivity index (χ4v) is 3.59. The lowest BCUT2D eigenvalue weighted by atomic mass is 9.76. The van der Waals surface area contributed by atoms with E-state index in [-0.39, 0.29) is 0 Å². The SMILES string of the molecule is CCCC(C)(CCc1cccc(C(O)CCN)c1)C1CC1. The Balaban J connectivity index is 1.97. The second-order valence-corrected chi connectivity index (χ2v) is 7.02. The molecule has 0 amide bonds. The molecule has 1 aliphatic carbocycles. The standard InChI is InChI=1S/C19H31NO/c1-3-11-19(2,17-7-8-17)12-9-15-5-4-6-16(14-15)18(21)10-13-20/h4-6,14,17-18,21H,3,7-13,20H2,1-2H3. The molecule has 2 unspecified atom stereocenters. The Morgan fingerprint density at radius 1 is 1.33 bits per heavy atom. The van der Waals surface area contributed by atoms with Gasteiger partial charge in [-0.25, -0.2) is 0 Å². The molecule has 2 atom stereocenters. The Morgan fingerprint density at radius 2 is 2.10 bits per heavy atom. The quantitative estimate of drug-likeness (QED) is 0.715. The minimum absolute atomic E-state index is 0.416. The summed E-state index contributed by atoms with van der Waals surface area (Å²) in [6.07, 6.45) is 8.07. The van der Waals surface area contributed by atoms with Crippen LogP contribution in [0.1, 0.15) is 69.6 Å². The summed E-state index contributed by atoms with van der Waals surface area (Å²) in [7, 11) is 0. The van der Waals surface area contributed by atoms with E-state index in [1.165, 1.54) is 37.7 Å². The number of aliphatic hydroxyl groups is 1. The van der Waals surface area contributed by atoms with E-state index in [9.17, 15) is 5.11 Å². The van der Waals surface area contributed by atoms with Gasteiger partial charge in [0.1, 0.15) is 0 Å². The predicted octanol–water partition coefficient (Wildman–Crippen LogP) is 4.22. The lowest BCUT2D eigenvalue weighted by Gasteiger charge is -2.29. The third-order valence-electron chi connectivity index (χ3n) is 5.14. The van der Waals surface area contributed by atoms with E-state index in [1.807, 2.05) is 6.07 Å². The molecule has 1 aromatic carbocycles. The first-order valence-corrected chi connectivity index (χ1v) is 8.56. The van der Waals surface area contributed by atoms with Gasteiger partial charge in [0, 0.05) is 0 Å². The van der Waals surface area contributed by atoms with Gasteiger partial charge in [0.25, 0.3) is 0 Å². The van der Waals surface area contributed by atoms with E-state index in [0.717, 1.165) is 17.9 Å². The lowest BCUT2D eigenvalue weighted by Crippen LogP contribution is -2.20. The van der Waals surface area contributed by atoms with Crippen LogP contribution >= 0.6 is 0 Å². The minimum atomic E-state index is -0.416. The molecule has 0 spiro atoms. The number of hydrogen-bond acceptors (Lipinski definition) is 2. The van der Waals surface area contributed by atoms with Crippen molar-refractivity contribution in [3.05, 3.63) is 35.4 Å². The molecule has 2 nitrogen and oxygen atoms in total. The molecule has 21 heavy (non-hydrogen) atoms. The van der Waals surface area contributed by atoms with Gasteiger partial charge in [-0.2, -0.15) is 0 Å². The van der Waals surface area contributed by atoms with Crippen molar-refractivity contribution in [2.24, 2.45) is 17.1 Å². The Morgan fingerprint density at radius 3 is 2.71 bits per heavy atom. The van der Waals surface area contributed by atoms with Crippen molar-refractivity contribution < 1.29 is 5.11 Å². The highest BCUT2D eigenvalue weighted by atomic mass is 16.3. The van der Waals surface area contributed by atoms with Gasteiger partial charge in [0.15, 0.2) is 0 Å². The van der Waals surface area contributed by atoms with Gasteiger partial charge in [-0.15, -0.1) is 0 Å². The highest BCUT2D eigenvalue weighted by Crippen LogP contribution is 2.50. The lowest BCUT2D eigenvalue weighted by molar-refractivity contribution is 0.170. The van der Waals surface area contributed by atoms with Gasteiger partial charge in [0.05, 0.1) is 6.10 Å². The highest BCUT2D eigenvalue weighted by molar-refractivity contribution is 5.25. The molecule has 118 valence electrons. The summed E-state index contributed by atoms with van der Waals surface area (Å²) >= 11 is 0. The molecule has 3 N–H and O–H groups in total. The topological polar surface area (TPSA) is 46.2 Å². The van der Waals surface area contributed by atoms with Crippen molar-refractivity contribution in [2.45, 2.75) is 64.9 Å². The normalized spacial score (nSPS) is 19.2. The Hall–Kier alpha value is -0.860. The zero-order valence-corrected chi connectivity index (χ0v) is 13.6. The van der Waals surface area contributed by atoms with Crippen LogP contribution in [-0.2, 0) is 6.42 Å². The second-order valence-electron chi connectivity index (χ2n) is 7.02. The number of hydrogen-bond donors (Lipinski definition) is 2. The third-order valence-corrected chi connectivity index (χ3v) is 5.14. The van der Waals surface area contributed by atoms with Gasteiger partial charge in [-0.3, -0.25) is 0 Å². The monoisotopic (exact) mass is 289 g/mol. The molecule has 1 fully saturated rings. The van der Waals surface area contributed by atoms with Gasteiger partial charge in [0.2, 0.25) is 0 Å². The molecule has 0 bridgehead atoms. The van der Waals surface area contributed by atoms with Crippen LogP contribution in [-0.4, -0.2) is 11.7 Å². The average Bonchev–Trinajstić information content (AvgIpc) is 3.31. The number of benzene rings is 1. The molecule has 2 heteroatoms. The second kappa shape index (κ2) is 7.42. The smallest absolute Gasteiger partial charge is 0.0802 e. The Labute approximate surface area is 129 Å². The van der Waals surface area contributed by atoms with Crippen LogP contribution in [0.15, 0.2) is 24.3 Å². The van der Waals surface area contributed by atoms with E-state index >= 15 is 0 Å². The maximum absolute atomic E-state index is 10.1. The van der Waals surface area contributed by atoms with Crippen molar-refractivity contribution in [3.63, 3.8) is 0 Å². The molecule has 0 saturated heterocycles. The molecule has 0 heterocycles. The summed E-state index contributed by atoms with van der Waals surface area (Å²) in [5.74, 6) is 0.948. The van der Waals surface area contributed by atoms with Crippen LogP contribution in [0.25, 0.3) is 0 Å². The summed E-state index contributed by atoms with van der Waals surface area (Å²) in [5.41, 5.74) is 8.42. The van der Waals surface area contributed by atoms with Crippen LogP contribution in [0.5, 0.6) is 0 Å². The summed E-state index contributed by atoms with van der Waals surface area (Å²) in [6, 6.07) is 8.44. The highest BCUT2D eigenvalue weighted by Gasteiger charge is 2.39. The molecule has 2 rings (SSSR count). The van der Waals surface area contributed by atoms with E-state index in [2.05, 4.69) is 32.0 Å². The summed E-state index contributed by atoms with van der Waals surface area (Å²) < 4.78 is 0. The minimum Gasteiger partial charge on any atom is -0.388 e. The molecule has 1 aromatic rings. The van der Waals surface area contributed by atoms with E-state index in [4.69, 9.17) is 5.73 Å². The van der Waals surface area contributed by atoms with Crippen LogP contribution in [0, 0.1) is 11.3 Å². The maximum Gasteiger partial charge on any atom is 0.0802 e. The molecular formula is C19H31NO. The fraction of sp³-hybridized carbons (Fsp3) is 0.684. The molecule has 0 aromatic heterocycles. The van der Waals surface area contributed by atoms with E-state index in [0.29, 0.717) is 18.4 Å². The van der Waals surface area contributed by atoms with Crippen molar-refractivity contribution >= 4 is 0 Å². The third kappa shape index (κ3) is 4.55. The predicted molar refractivity (Wildman–Crippen MR) is 89.1 cm³/mol. The molecular weight excluding hydrogens is 258 g/mol. The van der Waals surface area contributed by atoms with Crippen LogP contribution < -0.4 is 5.73 Å². The summed E-state index contributed by atoms with van der Waals surface area (Å²) in [6.45, 7) is 5.30. The van der Waals surface area contributed by atoms with Crippen molar-refractivity contribution in [1.29, 1.82) is 0 Å². The largest absolute Gasteiger partial charge is 0.388 e. The fourth-order valence-electron chi connectivity index (χ4n) is 3.59. The first-order chi connectivity index (χ1) is 10.1. The van der Waals surface area contributed by atoms with E-state index < -0.39 is 6.10 Å². The first kappa shape index (κ1) is 16.5. The van der Waals surface area contributed by atoms with Gasteiger partial charge >= 0.3 is 0 Å². The summed E-state index contributed by atoms with van der Waals surface area (Å²) in [4.78, 5) is 0.